The molecule has 36 heavy (non-hydrogen) atoms. The van der Waals surface area contributed by atoms with E-state index < -0.39 is 0 Å². The molecule has 5 rings (SSSR count). The van der Waals surface area contributed by atoms with E-state index in [0.717, 1.165) is 47.8 Å². The van der Waals surface area contributed by atoms with Gasteiger partial charge < -0.3 is 34.1 Å². The maximum atomic E-state index is 5.52. The van der Waals surface area contributed by atoms with Gasteiger partial charge in [-0.3, -0.25) is 0 Å². The van der Waals surface area contributed by atoms with Crippen LogP contribution in [-0.4, -0.2) is 61.5 Å². The monoisotopic (exact) mass is 490 g/mol. The van der Waals surface area contributed by atoms with Gasteiger partial charge in [-0.1, -0.05) is 6.07 Å². The lowest BCUT2D eigenvalue weighted by atomic mass is 9.98. The summed E-state index contributed by atoms with van der Waals surface area (Å²) in [7, 11) is 6.59. The number of hydrogen-bond acceptors (Lipinski definition) is 9. The van der Waals surface area contributed by atoms with E-state index in [1.165, 1.54) is 11.1 Å². The van der Waals surface area contributed by atoms with Crippen LogP contribution in [0.2, 0.25) is 0 Å². The Morgan fingerprint density at radius 2 is 1.61 bits per heavy atom. The number of rotatable bonds is 9. The molecule has 10 heteroatoms. The van der Waals surface area contributed by atoms with Crippen molar-refractivity contribution in [2.24, 2.45) is 0 Å². The lowest BCUT2D eigenvalue weighted by Crippen LogP contribution is -2.31. The first-order valence-electron chi connectivity index (χ1n) is 11.8. The standard InChI is InChI=1S/C26H30N6O4/c1-33-19-6-5-16(11-20(19)34-2)7-9-27-26-30-24-23(28-15-29-24)25(31-26)32-10-8-17-12-21(35-3)22(36-4)13-18(17)14-32/h5-6,11-13,15H,7-10,14H2,1-4H3,(H2,27,28,29,30,31). The second-order valence-electron chi connectivity index (χ2n) is 8.49. The summed E-state index contributed by atoms with van der Waals surface area (Å²) in [6.45, 7) is 2.18. The topological polar surface area (TPSA) is 107 Å². The number of aromatic nitrogens is 4. The van der Waals surface area contributed by atoms with E-state index in [1.54, 1.807) is 34.8 Å². The zero-order chi connectivity index (χ0) is 25.1. The van der Waals surface area contributed by atoms with Crippen molar-refractivity contribution in [3.05, 3.63) is 53.3 Å². The molecule has 188 valence electrons. The molecule has 0 saturated heterocycles. The molecule has 0 fully saturated rings. The van der Waals surface area contributed by atoms with E-state index in [1.807, 2.05) is 24.3 Å². The van der Waals surface area contributed by atoms with Gasteiger partial charge in [-0.05, 0) is 53.8 Å². The molecule has 0 aliphatic carbocycles. The van der Waals surface area contributed by atoms with Gasteiger partial charge >= 0.3 is 0 Å². The molecular formula is C26H30N6O4. The Balaban J connectivity index is 1.35. The van der Waals surface area contributed by atoms with Gasteiger partial charge in [0, 0.05) is 19.6 Å². The van der Waals surface area contributed by atoms with Crippen molar-refractivity contribution in [3.63, 3.8) is 0 Å². The average Bonchev–Trinajstić information content (AvgIpc) is 3.40. The number of benzene rings is 2. The van der Waals surface area contributed by atoms with Crippen molar-refractivity contribution in [2.45, 2.75) is 19.4 Å². The Morgan fingerprint density at radius 1 is 0.889 bits per heavy atom. The molecule has 0 amide bonds. The van der Waals surface area contributed by atoms with Crippen LogP contribution < -0.4 is 29.2 Å². The SMILES string of the molecule is COc1ccc(CCNc2nc(N3CCc4cc(OC)c(OC)cc4C3)c3[nH]cnc3n2)cc1OC. The van der Waals surface area contributed by atoms with Crippen molar-refractivity contribution in [2.75, 3.05) is 51.7 Å². The average molecular weight is 491 g/mol. The molecule has 0 spiro atoms. The zero-order valence-corrected chi connectivity index (χ0v) is 20.9. The smallest absolute Gasteiger partial charge is 0.226 e. The number of anilines is 2. The Labute approximate surface area is 209 Å². The van der Waals surface area contributed by atoms with Gasteiger partial charge in [-0.15, -0.1) is 0 Å². The summed E-state index contributed by atoms with van der Waals surface area (Å²) >= 11 is 0. The number of fused-ring (bicyclic) bond motifs is 2. The molecular weight excluding hydrogens is 460 g/mol. The van der Waals surface area contributed by atoms with Gasteiger partial charge in [0.05, 0.1) is 34.8 Å². The number of H-pyrrole nitrogens is 1. The van der Waals surface area contributed by atoms with Crippen LogP contribution in [-0.2, 0) is 19.4 Å². The lowest BCUT2D eigenvalue weighted by Gasteiger charge is -2.30. The van der Waals surface area contributed by atoms with Gasteiger partial charge in [-0.2, -0.15) is 9.97 Å². The highest BCUT2D eigenvalue weighted by atomic mass is 16.5. The zero-order valence-electron chi connectivity index (χ0n) is 20.9. The third-order valence-electron chi connectivity index (χ3n) is 6.43. The first-order valence-corrected chi connectivity index (χ1v) is 11.8. The quantitative estimate of drug-likeness (QED) is 0.364. The van der Waals surface area contributed by atoms with Gasteiger partial charge in [0.1, 0.15) is 5.52 Å². The van der Waals surface area contributed by atoms with Gasteiger partial charge in [0.15, 0.2) is 34.5 Å². The molecule has 10 nitrogen and oxygen atoms in total. The Bertz CT molecular complexity index is 1370. The molecule has 0 saturated carbocycles. The fourth-order valence-corrected chi connectivity index (χ4v) is 4.54. The molecule has 0 radical (unpaired) electrons. The fourth-order valence-electron chi connectivity index (χ4n) is 4.54. The second-order valence-corrected chi connectivity index (χ2v) is 8.49. The van der Waals surface area contributed by atoms with E-state index in [4.69, 9.17) is 23.9 Å². The first-order chi connectivity index (χ1) is 17.6. The molecule has 1 aliphatic rings. The maximum Gasteiger partial charge on any atom is 0.226 e. The van der Waals surface area contributed by atoms with Crippen molar-refractivity contribution < 1.29 is 18.9 Å². The van der Waals surface area contributed by atoms with Crippen LogP contribution in [0.1, 0.15) is 16.7 Å². The Kier molecular flexibility index (Phi) is 6.66. The van der Waals surface area contributed by atoms with Crippen molar-refractivity contribution in [1.29, 1.82) is 0 Å². The molecule has 3 heterocycles. The highest BCUT2D eigenvalue weighted by molar-refractivity contribution is 5.84. The summed E-state index contributed by atoms with van der Waals surface area (Å²) < 4.78 is 21.7. The van der Waals surface area contributed by atoms with Crippen LogP contribution >= 0.6 is 0 Å². The van der Waals surface area contributed by atoms with Crippen LogP contribution in [0.5, 0.6) is 23.0 Å². The third-order valence-corrected chi connectivity index (χ3v) is 6.43. The molecule has 2 aromatic carbocycles. The number of aromatic amines is 1. The summed E-state index contributed by atoms with van der Waals surface area (Å²) in [4.78, 5) is 19.3. The molecule has 0 atom stereocenters. The number of methoxy groups -OCH3 is 4. The highest BCUT2D eigenvalue weighted by Crippen LogP contribution is 2.35. The molecule has 1 aliphatic heterocycles. The van der Waals surface area contributed by atoms with E-state index >= 15 is 0 Å². The summed E-state index contributed by atoms with van der Waals surface area (Å²) in [5.74, 6) is 4.28. The Hall–Kier alpha value is -4.21. The minimum absolute atomic E-state index is 0.545. The Morgan fingerprint density at radius 3 is 2.36 bits per heavy atom. The summed E-state index contributed by atoms with van der Waals surface area (Å²) in [5, 5.41) is 3.36. The predicted molar refractivity (Wildman–Crippen MR) is 138 cm³/mol. The van der Waals surface area contributed by atoms with Gasteiger partial charge in [0.2, 0.25) is 5.95 Å². The second kappa shape index (κ2) is 10.2. The van der Waals surface area contributed by atoms with Crippen molar-refractivity contribution in [3.8, 4) is 23.0 Å². The number of nitrogens with zero attached hydrogens (tertiary/aromatic N) is 4. The van der Waals surface area contributed by atoms with Gasteiger partial charge in [0.25, 0.3) is 0 Å². The molecule has 2 aromatic heterocycles. The van der Waals surface area contributed by atoms with Crippen molar-refractivity contribution in [1.82, 2.24) is 19.9 Å². The number of ether oxygens (including phenoxy) is 4. The lowest BCUT2D eigenvalue weighted by molar-refractivity contribution is 0.353. The fraction of sp³-hybridized carbons (Fsp3) is 0.346. The normalized spacial score (nSPS) is 12.8. The van der Waals surface area contributed by atoms with E-state index in [2.05, 4.69) is 31.2 Å². The first kappa shape index (κ1) is 23.5. The molecule has 0 bridgehead atoms. The van der Waals surface area contributed by atoms with Crippen LogP contribution in [0.15, 0.2) is 36.7 Å². The third kappa shape index (κ3) is 4.53. The molecule has 2 N–H and O–H groups in total. The van der Waals surface area contributed by atoms with Crippen LogP contribution in [0.4, 0.5) is 11.8 Å². The minimum atomic E-state index is 0.545. The van der Waals surface area contributed by atoms with Crippen LogP contribution in [0, 0.1) is 0 Å². The molecule has 0 unspecified atom stereocenters. The minimum Gasteiger partial charge on any atom is -0.493 e. The van der Waals surface area contributed by atoms with E-state index in [0.29, 0.717) is 36.2 Å². The van der Waals surface area contributed by atoms with E-state index in [-0.39, 0.29) is 0 Å². The number of nitrogens with one attached hydrogen (secondary N) is 2. The summed E-state index contributed by atoms with van der Waals surface area (Å²) in [5.41, 5.74) is 5.02. The van der Waals surface area contributed by atoms with Crippen LogP contribution in [0.25, 0.3) is 11.2 Å². The van der Waals surface area contributed by atoms with Gasteiger partial charge in [-0.25, -0.2) is 4.98 Å². The number of imidazole rings is 1. The molecule has 4 aromatic rings. The number of hydrogen-bond donors (Lipinski definition) is 2. The van der Waals surface area contributed by atoms with Crippen LogP contribution in [0.3, 0.4) is 0 Å². The summed E-state index contributed by atoms with van der Waals surface area (Å²) in [6.07, 6.45) is 3.30. The maximum absolute atomic E-state index is 5.52. The summed E-state index contributed by atoms with van der Waals surface area (Å²) in [6, 6.07) is 10.0. The predicted octanol–water partition coefficient (Wildman–Crippen LogP) is 3.60. The van der Waals surface area contributed by atoms with E-state index in [9.17, 15) is 0 Å². The van der Waals surface area contributed by atoms with Crippen molar-refractivity contribution >= 4 is 22.9 Å². The largest absolute Gasteiger partial charge is 0.493 e. The highest BCUT2D eigenvalue weighted by Gasteiger charge is 2.23.